The highest BCUT2D eigenvalue weighted by molar-refractivity contribution is 6.05. The molecule has 0 saturated carbocycles. The van der Waals surface area contributed by atoms with Gasteiger partial charge in [0.15, 0.2) is 11.5 Å². The molecule has 2 aromatic rings. The van der Waals surface area contributed by atoms with E-state index < -0.39 is 6.61 Å². The summed E-state index contributed by atoms with van der Waals surface area (Å²) in [6.45, 7) is -0.327. The largest absolute Gasteiger partial charge is 0.493 e. The third-order valence-electron chi connectivity index (χ3n) is 3.05. The van der Waals surface area contributed by atoms with Crippen molar-refractivity contribution >= 4 is 11.9 Å². The maximum atomic E-state index is 12.3. The minimum Gasteiger partial charge on any atom is -0.493 e. The lowest BCUT2D eigenvalue weighted by molar-refractivity contribution is -0.0512. The molecule has 0 fully saturated rings. The maximum absolute atomic E-state index is 12.3. The van der Waals surface area contributed by atoms with Crippen LogP contribution in [-0.2, 0) is 6.54 Å². The Morgan fingerprint density at radius 1 is 1.35 bits per heavy atom. The van der Waals surface area contributed by atoms with E-state index in [1.54, 1.807) is 29.1 Å². The SMILES string of the molecule is CCn1ccc(C(=O)/C=C/c2ccc(OC(F)F)c(OC)c2)n1. The Bertz CT molecular complexity index is 711. The number of aromatic nitrogens is 2. The van der Waals surface area contributed by atoms with Crippen LogP contribution >= 0.6 is 0 Å². The molecular formula is C16H16F2N2O3. The van der Waals surface area contributed by atoms with Crippen LogP contribution in [0.4, 0.5) is 8.78 Å². The first-order chi connectivity index (χ1) is 11.0. The number of methoxy groups -OCH3 is 1. The molecule has 0 amide bonds. The van der Waals surface area contributed by atoms with Crippen LogP contribution < -0.4 is 9.47 Å². The first-order valence-corrected chi connectivity index (χ1v) is 6.92. The highest BCUT2D eigenvalue weighted by atomic mass is 19.3. The highest BCUT2D eigenvalue weighted by Crippen LogP contribution is 2.29. The Morgan fingerprint density at radius 2 is 2.13 bits per heavy atom. The van der Waals surface area contributed by atoms with Crippen LogP contribution in [0, 0.1) is 0 Å². The second-order valence-electron chi connectivity index (χ2n) is 4.54. The number of allylic oxidation sites excluding steroid dienone is 1. The first kappa shape index (κ1) is 16.7. The number of aryl methyl sites for hydroxylation is 1. The molecule has 0 aliphatic carbocycles. The Hall–Kier alpha value is -2.70. The molecule has 0 radical (unpaired) electrons. The van der Waals surface area contributed by atoms with Crippen molar-refractivity contribution in [1.82, 2.24) is 9.78 Å². The summed E-state index contributed by atoms with van der Waals surface area (Å²) in [5.41, 5.74) is 0.958. The van der Waals surface area contributed by atoms with Crippen molar-refractivity contribution in [2.24, 2.45) is 0 Å². The number of carbonyl (C=O) groups excluding carboxylic acids is 1. The number of nitrogens with zero attached hydrogens (tertiary/aromatic N) is 2. The fourth-order valence-electron chi connectivity index (χ4n) is 1.91. The topological polar surface area (TPSA) is 53.4 Å². The molecule has 23 heavy (non-hydrogen) atoms. The Balaban J connectivity index is 2.14. The smallest absolute Gasteiger partial charge is 0.387 e. The van der Waals surface area contributed by atoms with Gasteiger partial charge in [0.2, 0.25) is 5.78 Å². The van der Waals surface area contributed by atoms with Crippen molar-refractivity contribution in [3.05, 3.63) is 47.8 Å². The fraction of sp³-hybridized carbons (Fsp3) is 0.250. The van der Waals surface area contributed by atoms with Crippen molar-refractivity contribution in [2.45, 2.75) is 20.1 Å². The summed E-state index contributed by atoms with van der Waals surface area (Å²) < 4.78 is 35.5. The zero-order chi connectivity index (χ0) is 16.8. The second-order valence-corrected chi connectivity index (χ2v) is 4.54. The minimum atomic E-state index is -2.93. The maximum Gasteiger partial charge on any atom is 0.387 e. The van der Waals surface area contributed by atoms with Crippen molar-refractivity contribution in [3.63, 3.8) is 0 Å². The molecule has 0 spiro atoms. The summed E-state index contributed by atoms with van der Waals surface area (Å²) in [5.74, 6) is -0.146. The number of carbonyl (C=O) groups is 1. The van der Waals surface area contributed by atoms with E-state index in [1.165, 1.54) is 25.3 Å². The van der Waals surface area contributed by atoms with Crippen LogP contribution in [0.5, 0.6) is 11.5 Å². The number of ether oxygens (including phenoxy) is 2. The van der Waals surface area contributed by atoms with Gasteiger partial charge in [0.25, 0.3) is 0 Å². The van der Waals surface area contributed by atoms with Gasteiger partial charge in [0.1, 0.15) is 5.69 Å². The standard InChI is InChI=1S/C16H16F2N2O3/c1-3-20-9-8-12(19-20)13(21)6-4-11-5-7-14(23-16(17)18)15(10-11)22-2/h4-10,16H,3H2,1-2H3/b6-4+. The van der Waals surface area contributed by atoms with Gasteiger partial charge in [-0.15, -0.1) is 0 Å². The van der Waals surface area contributed by atoms with Crippen LogP contribution in [-0.4, -0.2) is 29.3 Å². The summed E-state index contributed by atoms with van der Waals surface area (Å²) in [6.07, 6.45) is 4.65. The van der Waals surface area contributed by atoms with Gasteiger partial charge in [-0.2, -0.15) is 13.9 Å². The van der Waals surface area contributed by atoms with Gasteiger partial charge in [-0.25, -0.2) is 0 Å². The van der Waals surface area contributed by atoms with Crippen LogP contribution in [0.25, 0.3) is 6.08 Å². The molecule has 0 saturated heterocycles. The molecule has 5 nitrogen and oxygen atoms in total. The summed E-state index contributed by atoms with van der Waals surface area (Å²) >= 11 is 0. The summed E-state index contributed by atoms with van der Waals surface area (Å²) in [5, 5.41) is 4.11. The number of ketones is 1. The quantitative estimate of drug-likeness (QED) is 0.579. The molecule has 1 heterocycles. The van der Waals surface area contributed by atoms with E-state index in [2.05, 4.69) is 9.84 Å². The Kier molecular flexibility index (Phi) is 5.46. The van der Waals surface area contributed by atoms with Crippen molar-refractivity contribution in [2.75, 3.05) is 7.11 Å². The first-order valence-electron chi connectivity index (χ1n) is 6.92. The molecule has 0 bridgehead atoms. The molecule has 0 unspecified atom stereocenters. The number of hydrogen-bond acceptors (Lipinski definition) is 4. The number of rotatable bonds is 7. The summed E-state index contributed by atoms with van der Waals surface area (Å²) in [4.78, 5) is 12.0. The van der Waals surface area contributed by atoms with E-state index in [-0.39, 0.29) is 17.3 Å². The van der Waals surface area contributed by atoms with Gasteiger partial charge >= 0.3 is 6.61 Å². The lowest BCUT2D eigenvalue weighted by Gasteiger charge is -2.10. The van der Waals surface area contributed by atoms with Crippen LogP contribution in [0.1, 0.15) is 23.0 Å². The van der Waals surface area contributed by atoms with Gasteiger partial charge in [0, 0.05) is 12.7 Å². The molecule has 0 aliphatic rings. The van der Waals surface area contributed by atoms with Crippen LogP contribution in [0.15, 0.2) is 36.5 Å². The molecule has 7 heteroatoms. The van der Waals surface area contributed by atoms with E-state index in [0.717, 1.165) is 0 Å². The predicted molar refractivity (Wildman–Crippen MR) is 80.9 cm³/mol. The van der Waals surface area contributed by atoms with Crippen molar-refractivity contribution < 1.29 is 23.0 Å². The molecule has 122 valence electrons. The summed E-state index contributed by atoms with van der Waals surface area (Å²) in [7, 11) is 1.35. The Morgan fingerprint density at radius 3 is 2.74 bits per heavy atom. The highest BCUT2D eigenvalue weighted by Gasteiger charge is 2.11. The zero-order valence-electron chi connectivity index (χ0n) is 12.7. The van der Waals surface area contributed by atoms with Gasteiger partial charge < -0.3 is 9.47 Å². The van der Waals surface area contributed by atoms with E-state index in [4.69, 9.17) is 4.74 Å². The minimum absolute atomic E-state index is 0.0623. The Labute approximate surface area is 132 Å². The van der Waals surface area contributed by atoms with E-state index in [1.807, 2.05) is 6.92 Å². The number of alkyl halides is 2. The van der Waals surface area contributed by atoms with E-state index in [0.29, 0.717) is 17.8 Å². The molecule has 1 aromatic carbocycles. The number of benzene rings is 1. The lowest BCUT2D eigenvalue weighted by Crippen LogP contribution is -2.03. The normalized spacial score (nSPS) is 11.2. The average molecular weight is 322 g/mol. The molecule has 0 atom stereocenters. The number of hydrogen-bond donors (Lipinski definition) is 0. The van der Waals surface area contributed by atoms with Crippen LogP contribution in [0.3, 0.4) is 0 Å². The van der Waals surface area contributed by atoms with Gasteiger partial charge in [-0.1, -0.05) is 12.1 Å². The molecule has 1 aromatic heterocycles. The van der Waals surface area contributed by atoms with E-state index >= 15 is 0 Å². The second kappa shape index (κ2) is 7.53. The monoisotopic (exact) mass is 322 g/mol. The molecule has 0 N–H and O–H groups in total. The molecular weight excluding hydrogens is 306 g/mol. The summed E-state index contributed by atoms with van der Waals surface area (Å²) in [6, 6.07) is 6.05. The third-order valence-corrected chi connectivity index (χ3v) is 3.05. The zero-order valence-corrected chi connectivity index (χ0v) is 12.7. The fourth-order valence-corrected chi connectivity index (χ4v) is 1.91. The van der Waals surface area contributed by atoms with Crippen LogP contribution in [0.2, 0.25) is 0 Å². The average Bonchev–Trinajstić information content (AvgIpc) is 3.02. The van der Waals surface area contributed by atoms with Gasteiger partial charge in [-0.05, 0) is 36.8 Å². The molecule has 0 aliphatic heterocycles. The van der Waals surface area contributed by atoms with Crippen molar-refractivity contribution in [3.8, 4) is 11.5 Å². The van der Waals surface area contributed by atoms with Gasteiger partial charge in [-0.3, -0.25) is 9.48 Å². The molecule has 2 rings (SSSR count). The van der Waals surface area contributed by atoms with Crippen molar-refractivity contribution in [1.29, 1.82) is 0 Å². The lowest BCUT2D eigenvalue weighted by atomic mass is 10.1. The van der Waals surface area contributed by atoms with E-state index in [9.17, 15) is 13.6 Å². The predicted octanol–water partition coefficient (Wildman–Crippen LogP) is 3.41. The third kappa shape index (κ3) is 4.38. The number of halogens is 2. The van der Waals surface area contributed by atoms with Gasteiger partial charge in [0.05, 0.1) is 7.11 Å².